The molecule has 1 aromatic carbocycles. The van der Waals surface area contributed by atoms with Crippen molar-refractivity contribution < 1.29 is 21.1 Å². The van der Waals surface area contributed by atoms with Crippen molar-refractivity contribution in [2.45, 2.75) is 27.7 Å². The molecule has 1 aromatic heterocycles. The molecule has 0 bridgehead atoms. The van der Waals surface area contributed by atoms with Crippen LogP contribution >= 0.6 is 0 Å². The van der Waals surface area contributed by atoms with Crippen molar-refractivity contribution in [3.63, 3.8) is 0 Å². The third-order valence-electron chi connectivity index (χ3n) is 1.80. The van der Waals surface area contributed by atoms with Crippen LogP contribution in [0.5, 0.6) is 0 Å². The molecule has 0 amide bonds. The Balaban J connectivity index is -0.000000169. The molecule has 0 fully saturated rings. The van der Waals surface area contributed by atoms with E-state index in [1.807, 2.05) is 64.1 Å². The van der Waals surface area contributed by atoms with Gasteiger partial charge in [0.2, 0.25) is 0 Å². The SMILES string of the molecule is CC.CC.Nc1cccnc1-c1[c-]cccc1.[CH3-].[CH3-].[Pt]. The number of hydrogen-bond donors (Lipinski definition) is 1. The van der Waals surface area contributed by atoms with E-state index < -0.39 is 0 Å². The van der Waals surface area contributed by atoms with Crippen molar-refractivity contribution in [2.75, 3.05) is 5.73 Å². The number of nitrogens with two attached hydrogens (primary N) is 1. The van der Waals surface area contributed by atoms with Crippen molar-refractivity contribution in [1.29, 1.82) is 0 Å². The maximum atomic E-state index is 5.77. The first-order valence-corrected chi connectivity index (χ1v) is 6.05. The summed E-state index contributed by atoms with van der Waals surface area (Å²) in [5.41, 5.74) is 8.18. The molecule has 1 heterocycles. The number of aromatic nitrogens is 1. The van der Waals surface area contributed by atoms with E-state index in [1.54, 1.807) is 6.20 Å². The fourth-order valence-corrected chi connectivity index (χ4v) is 1.18. The summed E-state index contributed by atoms with van der Waals surface area (Å²) >= 11 is 0. The Bertz CT molecular complexity index is 403. The van der Waals surface area contributed by atoms with Gasteiger partial charge in [-0.3, -0.25) is 0 Å². The molecular weight excluding hydrogens is 427 g/mol. The van der Waals surface area contributed by atoms with E-state index in [9.17, 15) is 0 Å². The normalized spacial score (nSPS) is 7.00. The number of benzene rings is 1. The summed E-state index contributed by atoms with van der Waals surface area (Å²) in [6, 6.07) is 14.4. The van der Waals surface area contributed by atoms with Crippen LogP contribution in [0.1, 0.15) is 27.7 Å². The molecule has 20 heavy (non-hydrogen) atoms. The molecule has 0 saturated carbocycles. The zero-order chi connectivity index (χ0) is 13.1. The fraction of sp³-hybridized carbons (Fsp3) is 0.235. The largest absolute Gasteiger partial charge is 0.405 e. The van der Waals surface area contributed by atoms with Gasteiger partial charge in [0, 0.05) is 38.6 Å². The van der Waals surface area contributed by atoms with Crippen molar-refractivity contribution in [3.05, 3.63) is 63.5 Å². The molecule has 2 rings (SSSR count). The van der Waals surface area contributed by atoms with Crippen molar-refractivity contribution in [2.24, 2.45) is 0 Å². The summed E-state index contributed by atoms with van der Waals surface area (Å²) in [6.45, 7) is 8.00. The molecule has 0 aliphatic carbocycles. The van der Waals surface area contributed by atoms with Gasteiger partial charge in [0.25, 0.3) is 0 Å². The van der Waals surface area contributed by atoms with Gasteiger partial charge in [0.05, 0.1) is 0 Å². The van der Waals surface area contributed by atoms with E-state index in [4.69, 9.17) is 5.73 Å². The average molecular weight is 454 g/mol. The second-order valence-electron chi connectivity index (χ2n) is 2.72. The molecular formula is C17H27N2Pt-3. The zero-order valence-electron chi connectivity index (χ0n) is 13.4. The molecule has 0 atom stereocenters. The van der Waals surface area contributed by atoms with Crippen LogP contribution in [0.4, 0.5) is 5.69 Å². The Morgan fingerprint density at radius 1 is 0.950 bits per heavy atom. The molecule has 2 N–H and O–H groups in total. The van der Waals surface area contributed by atoms with Gasteiger partial charge >= 0.3 is 0 Å². The number of nitrogen functional groups attached to an aromatic ring is 1. The quantitative estimate of drug-likeness (QED) is 0.611. The van der Waals surface area contributed by atoms with Crippen LogP contribution in [-0.4, -0.2) is 4.98 Å². The van der Waals surface area contributed by atoms with E-state index >= 15 is 0 Å². The summed E-state index contributed by atoms with van der Waals surface area (Å²) in [6.07, 6.45) is 1.73. The Labute approximate surface area is 140 Å². The van der Waals surface area contributed by atoms with Gasteiger partial charge in [-0.05, 0) is 12.1 Å². The van der Waals surface area contributed by atoms with E-state index in [1.165, 1.54) is 0 Å². The van der Waals surface area contributed by atoms with Gasteiger partial charge in [0.1, 0.15) is 0 Å². The summed E-state index contributed by atoms with van der Waals surface area (Å²) in [4.78, 5) is 4.19. The Kier molecular flexibility index (Phi) is 24.3. The summed E-state index contributed by atoms with van der Waals surface area (Å²) in [5.74, 6) is 0. The second-order valence-corrected chi connectivity index (χ2v) is 2.72. The average Bonchev–Trinajstić information content (AvgIpc) is 2.45. The number of anilines is 1. The molecule has 0 aliphatic rings. The van der Waals surface area contributed by atoms with E-state index in [0.29, 0.717) is 5.69 Å². The van der Waals surface area contributed by atoms with E-state index in [2.05, 4.69) is 11.1 Å². The number of pyridine rings is 1. The molecule has 0 unspecified atom stereocenters. The van der Waals surface area contributed by atoms with Gasteiger partial charge in [-0.15, -0.1) is 35.9 Å². The Morgan fingerprint density at radius 2 is 1.55 bits per heavy atom. The number of rotatable bonds is 1. The summed E-state index contributed by atoms with van der Waals surface area (Å²) in [5, 5.41) is 0. The van der Waals surface area contributed by atoms with Gasteiger partial charge in [-0.2, -0.15) is 0 Å². The van der Waals surface area contributed by atoms with Crippen molar-refractivity contribution >= 4 is 5.69 Å². The summed E-state index contributed by atoms with van der Waals surface area (Å²) < 4.78 is 0. The van der Waals surface area contributed by atoms with Gasteiger partial charge in [-0.1, -0.05) is 27.7 Å². The maximum Gasteiger partial charge on any atom is 0.0162 e. The Morgan fingerprint density at radius 3 is 2.00 bits per heavy atom. The standard InChI is InChI=1S/C11H9N2.2C2H6.2CH3.Pt/c12-10-7-4-8-13-11(10)9-5-2-1-3-6-9;2*1-2;;;/h1-5,7-8H,12H2;2*1-2H3;2*1H3;/q-1;;;2*-1;. The first kappa shape index (κ1) is 27.2. The van der Waals surface area contributed by atoms with Crippen molar-refractivity contribution in [1.82, 2.24) is 4.98 Å². The topological polar surface area (TPSA) is 38.9 Å². The minimum absolute atomic E-state index is 0. The van der Waals surface area contributed by atoms with E-state index in [0.717, 1.165) is 11.3 Å². The summed E-state index contributed by atoms with van der Waals surface area (Å²) in [7, 11) is 0. The molecule has 0 radical (unpaired) electrons. The van der Waals surface area contributed by atoms with Gasteiger partial charge < -0.3 is 25.6 Å². The first-order chi connectivity index (χ1) is 8.38. The second kappa shape index (κ2) is 17.9. The van der Waals surface area contributed by atoms with Crippen LogP contribution in [0, 0.1) is 20.9 Å². The molecule has 0 spiro atoms. The molecule has 3 heteroatoms. The Hall–Kier alpha value is -1.14. The maximum absolute atomic E-state index is 5.77. The predicted octanol–water partition coefficient (Wildman–Crippen LogP) is 5.08. The molecule has 2 nitrogen and oxygen atoms in total. The van der Waals surface area contributed by atoms with Crippen LogP contribution in [0.25, 0.3) is 11.3 Å². The minimum Gasteiger partial charge on any atom is -0.405 e. The molecule has 2 aromatic rings. The third kappa shape index (κ3) is 8.87. The molecule has 0 saturated heterocycles. The first-order valence-electron chi connectivity index (χ1n) is 6.05. The van der Waals surface area contributed by atoms with Gasteiger partial charge in [-0.25, -0.2) is 0 Å². The fourth-order valence-electron chi connectivity index (χ4n) is 1.18. The monoisotopic (exact) mass is 454 g/mol. The third-order valence-corrected chi connectivity index (χ3v) is 1.80. The zero-order valence-corrected chi connectivity index (χ0v) is 15.7. The van der Waals surface area contributed by atoms with Crippen LogP contribution in [0.2, 0.25) is 0 Å². The predicted molar refractivity (Wildman–Crippen MR) is 88.4 cm³/mol. The molecule has 118 valence electrons. The van der Waals surface area contributed by atoms with Crippen LogP contribution in [-0.2, 0) is 21.1 Å². The molecule has 0 aliphatic heterocycles. The van der Waals surface area contributed by atoms with Crippen molar-refractivity contribution in [3.8, 4) is 11.3 Å². The van der Waals surface area contributed by atoms with Crippen LogP contribution < -0.4 is 5.73 Å². The number of hydrogen-bond acceptors (Lipinski definition) is 2. The van der Waals surface area contributed by atoms with Crippen LogP contribution in [0.3, 0.4) is 0 Å². The number of nitrogens with zero attached hydrogens (tertiary/aromatic N) is 1. The van der Waals surface area contributed by atoms with Crippen LogP contribution in [0.15, 0.2) is 42.6 Å². The van der Waals surface area contributed by atoms with E-state index in [-0.39, 0.29) is 35.9 Å². The minimum atomic E-state index is 0. The smallest absolute Gasteiger partial charge is 0.0162 e. The van der Waals surface area contributed by atoms with Gasteiger partial charge in [0.15, 0.2) is 0 Å².